The fourth-order valence-electron chi connectivity index (χ4n) is 3.17. The van der Waals surface area contributed by atoms with Gasteiger partial charge in [-0.2, -0.15) is 0 Å². The van der Waals surface area contributed by atoms with Crippen LogP contribution < -0.4 is 5.32 Å². The highest BCUT2D eigenvalue weighted by atomic mass is 15.3. The average Bonchev–Trinajstić information content (AvgIpc) is 2.80. The van der Waals surface area contributed by atoms with E-state index in [0.717, 1.165) is 12.6 Å². The molecule has 0 aromatic heterocycles. The summed E-state index contributed by atoms with van der Waals surface area (Å²) in [7, 11) is 0. The Morgan fingerprint density at radius 3 is 2.94 bits per heavy atom. The van der Waals surface area contributed by atoms with Gasteiger partial charge in [0.05, 0.1) is 0 Å². The van der Waals surface area contributed by atoms with E-state index in [4.69, 9.17) is 0 Å². The first-order valence-electron chi connectivity index (χ1n) is 6.44. The maximum absolute atomic E-state index is 3.58. The molecule has 1 unspecified atom stereocenters. The lowest BCUT2D eigenvalue weighted by Crippen LogP contribution is -2.55. The lowest BCUT2D eigenvalue weighted by molar-refractivity contribution is 0.137. The number of hydrogen-bond donors (Lipinski definition) is 1. The molecule has 2 aliphatic heterocycles. The van der Waals surface area contributed by atoms with Crippen LogP contribution in [0.5, 0.6) is 0 Å². The molecule has 2 heterocycles. The third-order valence-corrected chi connectivity index (χ3v) is 3.97. The van der Waals surface area contributed by atoms with Gasteiger partial charge in [-0.3, -0.25) is 4.90 Å². The van der Waals surface area contributed by atoms with Crippen molar-refractivity contribution in [2.24, 2.45) is 0 Å². The van der Waals surface area contributed by atoms with Gasteiger partial charge in [-0.1, -0.05) is 30.3 Å². The molecular formula is C14H20N2. The largest absolute Gasteiger partial charge is 0.314 e. The number of benzene rings is 1. The number of nitrogens with zero attached hydrogens (tertiary/aromatic N) is 1. The predicted octanol–water partition coefficient (Wildman–Crippen LogP) is 1.67. The summed E-state index contributed by atoms with van der Waals surface area (Å²) in [5, 5.41) is 3.58. The Hall–Kier alpha value is -0.860. The van der Waals surface area contributed by atoms with Crippen LogP contribution in [-0.2, 0) is 6.42 Å². The molecule has 2 saturated heterocycles. The molecule has 2 fully saturated rings. The molecule has 3 rings (SSSR count). The van der Waals surface area contributed by atoms with E-state index < -0.39 is 0 Å². The standard InChI is InChI=1S/C14H20N2/c1-2-5-12(6-3-1)9-14-11-15-10-13-7-4-8-16(13)14/h1-3,5-6,13-15H,4,7-11H2/t13-,14?/m1/s1. The number of piperazine rings is 1. The van der Waals surface area contributed by atoms with Crippen molar-refractivity contribution in [1.29, 1.82) is 0 Å². The van der Waals surface area contributed by atoms with Crippen LogP contribution in [0, 0.1) is 0 Å². The third-order valence-electron chi connectivity index (χ3n) is 3.97. The van der Waals surface area contributed by atoms with E-state index in [1.54, 1.807) is 0 Å². The van der Waals surface area contributed by atoms with Gasteiger partial charge in [0.2, 0.25) is 0 Å². The maximum atomic E-state index is 3.58. The smallest absolute Gasteiger partial charge is 0.0264 e. The first-order chi connectivity index (χ1) is 7.93. The van der Waals surface area contributed by atoms with Crippen LogP contribution >= 0.6 is 0 Å². The molecule has 0 bridgehead atoms. The molecule has 16 heavy (non-hydrogen) atoms. The van der Waals surface area contributed by atoms with Gasteiger partial charge in [0.25, 0.3) is 0 Å². The van der Waals surface area contributed by atoms with Crippen molar-refractivity contribution in [2.45, 2.75) is 31.3 Å². The second kappa shape index (κ2) is 4.56. The molecule has 0 saturated carbocycles. The van der Waals surface area contributed by atoms with Crippen LogP contribution in [0.4, 0.5) is 0 Å². The lowest BCUT2D eigenvalue weighted by Gasteiger charge is -2.38. The Morgan fingerprint density at radius 1 is 1.19 bits per heavy atom. The second-order valence-electron chi connectivity index (χ2n) is 5.04. The molecule has 0 aliphatic carbocycles. The first-order valence-corrected chi connectivity index (χ1v) is 6.44. The van der Waals surface area contributed by atoms with Crippen LogP contribution in [0.25, 0.3) is 0 Å². The van der Waals surface area contributed by atoms with Crippen LogP contribution in [-0.4, -0.2) is 36.6 Å². The summed E-state index contributed by atoms with van der Waals surface area (Å²) in [4.78, 5) is 2.73. The minimum absolute atomic E-state index is 0.712. The summed E-state index contributed by atoms with van der Waals surface area (Å²) < 4.78 is 0. The minimum atomic E-state index is 0.712. The maximum Gasteiger partial charge on any atom is 0.0264 e. The summed E-state index contributed by atoms with van der Waals surface area (Å²) in [6.07, 6.45) is 3.97. The highest BCUT2D eigenvalue weighted by Crippen LogP contribution is 2.23. The van der Waals surface area contributed by atoms with E-state index >= 15 is 0 Å². The number of nitrogens with one attached hydrogen (secondary N) is 1. The van der Waals surface area contributed by atoms with Gasteiger partial charge in [0.15, 0.2) is 0 Å². The quantitative estimate of drug-likeness (QED) is 0.809. The van der Waals surface area contributed by atoms with E-state index in [2.05, 4.69) is 40.5 Å². The monoisotopic (exact) mass is 216 g/mol. The molecule has 0 spiro atoms. The zero-order chi connectivity index (χ0) is 10.8. The van der Waals surface area contributed by atoms with Gasteiger partial charge in [0.1, 0.15) is 0 Å². The molecule has 1 aromatic rings. The Bertz CT molecular complexity index is 336. The Morgan fingerprint density at radius 2 is 2.06 bits per heavy atom. The van der Waals surface area contributed by atoms with Crippen molar-refractivity contribution in [3.05, 3.63) is 35.9 Å². The van der Waals surface area contributed by atoms with Crippen molar-refractivity contribution in [2.75, 3.05) is 19.6 Å². The summed E-state index contributed by atoms with van der Waals surface area (Å²) in [5.74, 6) is 0. The lowest BCUT2D eigenvalue weighted by atomic mass is 10.0. The van der Waals surface area contributed by atoms with E-state index in [9.17, 15) is 0 Å². The molecule has 2 aliphatic rings. The van der Waals surface area contributed by atoms with E-state index in [1.165, 1.54) is 37.9 Å². The number of fused-ring (bicyclic) bond motifs is 1. The van der Waals surface area contributed by atoms with E-state index in [0.29, 0.717) is 6.04 Å². The van der Waals surface area contributed by atoms with Gasteiger partial charge >= 0.3 is 0 Å². The van der Waals surface area contributed by atoms with Crippen molar-refractivity contribution in [3.63, 3.8) is 0 Å². The van der Waals surface area contributed by atoms with Gasteiger partial charge in [-0.25, -0.2) is 0 Å². The molecular weight excluding hydrogens is 196 g/mol. The van der Waals surface area contributed by atoms with Gasteiger partial charge < -0.3 is 5.32 Å². The highest BCUT2D eigenvalue weighted by molar-refractivity contribution is 5.16. The van der Waals surface area contributed by atoms with Crippen LogP contribution in [0.2, 0.25) is 0 Å². The second-order valence-corrected chi connectivity index (χ2v) is 5.04. The molecule has 2 nitrogen and oxygen atoms in total. The molecule has 2 atom stereocenters. The van der Waals surface area contributed by atoms with Crippen molar-refractivity contribution in [1.82, 2.24) is 10.2 Å². The fraction of sp³-hybridized carbons (Fsp3) is 0.571. The SMILES string of the molecule is c1ccc(CC2CNC[C@H]3CCCN23)cc1. The Labute approximate surface area is 97.6 Å². The summed E-state index contributed by atoms with van der Waals surface area (Å²) in [6.45, 7) is 3.67. The number of rotatable bonds is 2. The van der Waals surface area contributed by atoms with Gasteiger partial charge in [-0.05, 0) is 31.4 Å². The Balaban J connectivity index is 1.70. The first kappa shape index (κ1) is 10.3. The van der Waals surface area contributed by atoms with Crippen LogP contribution in [0.3, 0.4) is 0 Å². The van der Waals surface area contributed by atoms with Gasteiger partial charge in [-0.15, -0.1) is 0 Å². The highest BCUT2D eigenvalue weighted by Gasteiger charge is 2.33. The molecule has 0 radical (unpaired) electrons. The van der Waals surface area contributed by atoms with Gasteiger partial charge in [0, 0.05) is 25.2 Å². The van der Waals surface area contributed by atoms with Crippen LogP contribution in [0.1, 0.15) is 18.4 Å². The molecule has 1 N–H and O–H groups in total. The summed E-state index contributed by atoms with van der Waals surface area (Å²) in [6, 6.07) is 12.4. The van der Waals surface area contributed by atoms with Crippen molar-refractivity contribution in [3.8, 4) is 0 Å². The zero-order valence-corrected chi connectivity index (χ0v) is 9.73. The average molecular weight is 216 g/mol. The minimum Gasteiger partial charge on any atom is -0.314 e. The zero-order valence-electron chi connectivity index (χ0n) is 9.73. The third kappa shape index (κ3) is 2.00. The van der Waals surface area contributed by atoms with Crippen molar-refractivity contribution >= 4 is 0 Å². The summed E-state index contributed by atoms with van der Waals surface area (Å²) >= 11 is 0. The Kier molecular flexibility index (Phi) is 2.94. The fourth-order valence-corrected chi connectivity index (χ4v) is 3.17. The summed E-state index contributed by atoms with van der Waals surface area (Å²) in [5.41, 5.74) is 1.47. The molecule has 2 heteroatoms. The normalized spacial score (nSPS) is 30.2. The van der Waals surface area contributed by atoms with Crippen molar-refractivity contribution < 1.29 is 0 Å². The predicted molar refractivity (Wildman–Crippen MR) is 66.5 cm³/mol. The molecule has 1 aromatic carbocycles. The molecule has 86 valence electrons. The number of hydrogen-bond acceptors (Lipinski definition) is 2. The van der Waals surface area contributed by atoms with Crippen LogP contribution in [0.15, 0.2) is 30.3 Å². The topological polar surface area (TPSA) is 15.3 Å². The van der Waals surface area contributed by atoms with E-state index in [-0.39, 0.29) is 0 Å². The molecule has 0 amide bonds. The van der Waals surface area contributed by atoms with E-state index in [1.807, 2.05) is 0 Å².